The van der Waals surface area contributed by atoms with E-state index in [1.165, 1.54) is 0 Å². The molecule has 0 heterocycles. The molecule has 2 rings (SSSR count). The van der Waals surface area contributed by atoms with Crippen molar-refractivity contribution in [2.45, 2.75) is 19.3 Å². The number of hydrogen-bond acceptors (Lipinski definition) is 6. The Morgan fingerprint density at radius 1 is 0.500 bits per heavy atom. The van der Waals surface area contributed by atoms with Crippen LogP contribution < -0.4 is 0 Å². The number of benzene rings is 1. The summed E-state index contributed by atoms with van der Waals surface area (Å²) >= 11 is 0. The third-order valence-corrected chi connectivity index (χ3v) is 4.43. The van der Waals surface area contributed by atoms with Gasteiger partial charge in [0, 0.05) is 0 Å². The predicted octanol–water partition coefficient (Wildman–Crippen LogP) is 1.05. The van der Waals surface area contributed by atoms with E-state index >= 15 is 0 Å². The molecule has 12 nitrogen and oxygen atoms in total. The quantitative estimate of drug-likeness (QED) is 0.375. The van der Waals surface area contributed by atoms with E-state index in [1.54, 1.807) is 0 Å². The van der Waals surface area contributed by atoms with Gasteiger partial charge >= 0.3 is 35.8 Å². The number of carboxylic acid groups (broad SMARTS) is 6. The number of hydrogen-bond donors (Lipinski definition) is 6. The highest BCUT2D eigenvalue weighted by Crippen LogP contribution is 2.33. The van der Waals surface area contributed by atoms with Gasteiger partial charge in [0.05, 0.1) is 34.4 Å². The molecule has 0 atom stereocenters. The van der Waals surface area contributed by atoms with Crippen molar-refractivity contribution in [2.24, 2.45) is 17.8 Å². The van der Waals surface area contributed by atoms with E-state index in [1.807, 2.05) is 0 Å². The van der Waals surface area contributed by atoms with Crippen molar-refractivity contribution in [3.8, 4) is 0 Å². The molecule has 0 aromatic heterocycles. The number of aromatic carboxylic acids is 3. The fraction of sp³-hybridized carbons (Fsp3) is 0.333. The molecule has 1 aromatic rings. The van der Waals surface area contributed by atoms with E-state index < -0.39 is 53.6 Å². The molecule has 0 aliphatic heterocycles. The fourth-order valence-corrected chi connectivity index (χ4v) is 2.92. The molecule has 1 fully saturated rings. The first-order valence-electron chi connectivity index (χ1n) is 8.36. The van der Waals surface area contributed by atoms with Gasteiger partial charge < -0.3 is 30.6 Å². The predicted molar refractivity (Wildman–Crippen MR) is 94.5 cm³/mol. The second-order valence-corrected chi connectivity index (χ2v) is 6.53. The van der Waals surface area contributed by atoms with Crippen molar-refractivity contribution in [1.29, 1.82) is 0 Å². The monoisotopic (exact) mass is 426 g/mol. The summed E-state index contributed by atoms with van der Waals surface area (Å²) < 4.78 is 0. The van der Waals surface area contributed by atoms with Gasteiger partial charge in [0.2, 0.25) is 0 Å². The van der Waals surface area contributed by atoms with Gasteiger partial charge in [-0.1, -0.05) is 0 Å². The van der Waals surface area contributed by atoms with Crippen LogP contribution in [-0.2, 0) is 14.4 Å². The summed E-state index contributed by atoms with van der Waals surface area (Å²) in [6.45, 7) is 0. The average Bonchev–Trinajstić information content (AvgIpc) is 2.67. The Balaban J connectivity index is 0.000000300. The zero-order valence-corrected chi connectivity index (χ0v) is 15.2. The Labute approximate surface area is 168 Å². The molecule has 0 radical (unpaired) electrons. The Bertz CT molecular complexity index is 755. The minimum Gasteiger partial charge on any atom is -0.481 e. The Kier molecular flexibility index (Phi) is 8.03. The van der Waals surface area contributed by atoms with Crippen molar-refractivity contribution in [3.05, 3.63) is 34.9 Å². The Morgan fingerprint density at radius 3 is 0.833 bits per heavy atom. The third kappa shape index (κ3) is 6.58. The minimum absolute atomic E-state index is 0.0223. The standard InChI is InChI=1S/C9H12O6.C9H6O6/c2*10-7(11)4-1-5(8(12)13)3-6(2-4)9(14)15/h4-6H,1-3H2,(H,10,11)(H,12,13)(H,14,15);1-3H,(H,10,11)(H,12,13)(H,14,15). The highest BCUT2D eigenvalue weighted by Gasteiger charge is 2.39. The highest BCUT2D eigenvalue weighted by atomic mass is 16.4. The van der Waals surface area contributed by atoms with Crippen molar-refractivity contribution in [3.63, 3.8) is 0 Å². The van der Waals surface area contributed by atoms with E-state index in [4.69, 9.17) is 30.6 Å². The molecule has 1 aliphatic carbocycles. The Morgan fingerprint density at radius 2 is 0.700 bits per heavy atom. The summed E-state index contributed by atoms with van der Waals surface area (Å²) in [6.07, 6.45) is 0.0668. The molecule has 6 N–H and O–H groups in total. The van der Waals surface area contributed by atoms with Crippen LogP contribution in [0.15, 0.2) is 18.2 Å². The molecule has 1 saturated carbocycles. The van der Waals surface area contributed by atoms with Crippen LogP contribution in [0.3, 0.4) is 0 Å². The number of carboxylic acids is 6. The zero-order chi connectivity index (χ0) is 23.2. The first-order valence-corrected chi connectivity index (χ1v) is 8.36. The van der Waals surface area contributed by atoms with Gasteiger partial charge in [-0.05, 0) is 37.5 Å². The van der Waals surface area contributed by atoms with Gasteiger partial charge in [0.25, 0.3) is 0 Å². The first-order chi connectivity index (χ1) is 13.8. The lowest BCUT2D eigenvalue weighted by Gasteiger charge is -2.28. The largest absolute Gasteiger partial charge is 0.481 e. The third-order valence-electron chi connectivity index (χ3n) is 4.43. The van der Waals surface area contributed by atoms with Crippen LogP contribution in [0.5, 0.6) is 0 Å². The SMILES string of the molecule is O=C(O)C1CC(C(=O)O)CC(C(=O)O)C1.O=C(O)c1cc(C(=O)O)cc(C(=O)O)c1. The summed E-state index contributed by atoms with van der Waals surface area (Å²) in [5.74, 6) is -10.1. The summed E-state index contributed by atoms with van der Waals surface area (Å²) in [4.78, 5) is 63.8. The smallest absolute Gasteiger partial charge is 0.335 e. The topological polar surface area (TPSA) is 224 Å². The summed E-state index contributed by atoms with van der Waals surface area (Å²) in [6, 6.07) is 2.70. The molecule has 30 heavy (non-hydrogen) atoms. The molecule has 162 valence electrons. The molecule has 1 aliphatic rings. The number of carbonyl (C=O) groups is 6. The van der Waals surface area contributed by atoms with Crippen molar-refractivity contribution in [1.82, 2.24) is 0 Å². The Hall–Kier alpha value is -3.96. The van der Waals surface area contributed by atoms with Crippen molar-refractivity contribution >= 4 is 35.8 Å². The van der Waals surface area contributed by atoms with Crippen LogP contribution in [0.1, 0.15) is 50.3 Å². The lowest BCUT2D eigenvalue weighted by Crippen LogP contribution is -2.34. The normalized spacial score (nSPS) is 20.2. The minimum atomic E-state index is -1.37. The summed E-state index contributed by atoms with van der Waals surface area (Å²) in [7, 11) is 0. The lowest BCUT2D eigenvalue weighted by molar-refractivity contribution is -0.153. The molecule has 0 amide bonds. The first kappa shape index (κ1) is 24.1. The lowest BCUT2D eigenvalue weighted by atomic mass is 9.75. The molecule has 1 aromatic carbocycles. The highest BCUT2D eigenvalue weighted by molar-refractivity contribution is 5.98. The second kappa shape index (κ2) is 10.0. The van der Waals surface area contributed by atoms with Gasteiger partial charge in [0.1, 0.15) is 0 Å². The summed E-state index contributed by atoms with van der Waals surface area (Å²) in [5, 5.41) is 52.1. The molecule has 0 saturated heterocycles. The van der Waals surface area contributed by atoms with Crippen LogP contribution in [0.25, 0.3) is 0 Å². The molecule has 12 heteroatoms. The maximum atomic E-state index is 10.7. The molecule has 0 bridgehead atoms. The fourth-order valence-electron chi connectivity index (χ4n) is 2.92. The van der Waals surface area contributed by atoms with Gasteiger partial charge in [-0.3, -0.25) is 14.4 Å². The van der Waals surface area contributed by atoms with E-state index in [0.29, 0.717) is 0 Å². The van der Waals surface area contributed by atoms with Crippen LogP contribution in [0, 0.1) is 17.8 Å². The van der Waals surface area contributed by atoms with Gasteiger partial charge in [-0.2, -0.15) is 0 Å². The van der Waals surface area contributed by atoms with E-state index in [0.717, 1.165) is 18.2 Å². The molecule has 0 spiro atoms. The average molecular weight is 426 g/mol. The maximum absolute atomic E-state index is 10.7. The van der Waals surface area contributed by atoms with Gasteiger partial charge in [0.15, 0.2) is 0 Å². The number of aliphatic carboxylic acids is 3. The van der Waals surface area contributed by atoms with Crippen LogP contribution in [-0.4, -0.2) is 66.5 Å². The molecule has 0 unspecified atom stereocenters. The van der Waals surface area contributed by atoms with E-state index in [9.17, 15) is 28.8 Å². The van der Waals surface area contributed by atoms with Crippen molar-refractivity contribution in [2.75, 3.05) is 0 Å². The van der Waals surface area contributed by atoms with Crippen molar-refractivity contribution < 1.29 is 59.4 Å². The van der Waals surface area contributed by atoms with Crippen LogP contribution in [0.2, 0.25) is 0 Å². The van der Waals surface area contributed by atoms with E-state index in [2.05, 4.69) is 0 Å². The van der Waals surface area contributed by atoms with Crippen LogP contribution in [0.4, 0.5) is 0 Å². The maximum Gasteiger partial charge on any atom is 0.335 e. The molecular formula is C18H18O12. The molecular weight excluding hydrogens is 408 g/mol. The van der Waals surface area contributed by atoms with Gasteiger partial charge in [-0.25, -0.2) is 14.4 Å². The summed E-state index contributed by atoms with van der Waals surface area (Å²) in [5.41, 5.74) is -1.10. The second-order valence-electron chi connectivity index (χ2n) is 6.53. The van der Waals surface area contributed by atoms with Crippen LogP contribution >= 0.6 is 0 Å². The van der Waals surface area contributed by atoms with Gasteiger partial charge in [-0.15, -0.1) is 0 Å². The van der Waals surface area contributed by atoms with E-state index in [-0.39, 0.29) is 36.0 Å². The zero-order valence-electron chi connectivity index (χ0n) is 15.2. The number of rotatable bonds is 6.